The van der Waals surface area contributed by atoms with Crippen molar-refractivity contribution >= 4 is 46.5 Å². The van der Waals surface area contributed by atoms with E-state index >= 15 is 0 Å². The zero-order valence-corrected chi connectivity index (χ0v) is 19.0. The first-order chi connectivity index (χ1) is 16.0. The van der Waals surface area contributed by atoms with Gasteiger partial charge in [-0.2, -0.15) is 5.10 Å². The quantitative estimate of drug-likeness (QED) is 0.588. The number of carbonyl (C=O) groups is 2. The minimum Gasteiger partial charge on any atom is -0.486 e. The van der Waals surface area contributed by atoms with Crippen LogP contribution in [0.4, 0.5) is 11.5 Å². The Kier molecular flexibility index (Phi) is 5.86. The maximum absolute atomic E-state index is 13.0. The van der Waals surface area contributed by atoms with Crippen molar-refractivity contribution in [3.8, 4) is 11.5 Å². The molecule has 5 rings (SSSR count). The Morgan fingerprint density at radius 3 is 2.73 bits per heavy atom. The van der Waals surface area contributed by atoms with E-state index < -0.39 is 5.92 Å². The number of halogens is 2. The van der Waals surface area contributed by atoms with Crippen LogP contribution in [-0.4, -0.2) is 41.4 Å². The van der Waals surface area contributed by atoms with E-state index in [4.69, 9.17) is 32.7 Å². The number of nitrogens with one attached hydrogen (secondary N) is 1. The summed E-state index contributed by atoms with van der Waals surface area (Å²) in [5, 5.41) is 8.24. The number of hydrogen-bond acceptors (Lipinski definition) is 5. The Bertz CT molecular complexity index is 1230. The Hall–Kier alpha value is -3.23. The first kappa shape index (κ1) is 21.6. The van der Waals surface area contributed by atoms with Crippen molar-refractivity contribution in [2.24, 2.45) is 5.92 Å². The van der Waals surface area contributed by atoms with Crippen molar-refractivity contribution in [2.75, 3.05) is 30.0 Å². The fraction of sp³-hybridized carbons (Fsp3) is 0.261. The molecule has 1 atom stereocenters. The molecule has 0 bridgehead atoms. The average Bonchev–Trinajstić information content (AvgIpc) is 3.41. The van der Waals surface area contributed by atoms with Crippen molar-refractivity contribution in [1.29, 1.82) is 0 Å². The zero-order chi connectivity index (χ0) is 22.9. The molecule has 33 heavy (non-hydrogen) atoms. The fourth-order valence-corrected chi connectivity index (χ4v) is 4.41. The molecule has 1 aromatic heterocycles. The largest absolute Gasteiger partial charge is 0.486 e. The topological polar surface area (TPSA) is 85.7 Å². The van der Waals surface area contributed by atoms with Gasteiger partial charge in [0.05, 0.1) is 18.7 Å². The van der Waals surface area contributed by atoms with Crippen LogP contribution in [0.15, 0.2) is 48.7 Å². The predicted molar refractivity (Wildman–Crippen MR) is 124 cm³/mol. The van der Waals surface area contributed by atoms with Crippen LogP contribution in [-0.2, 0) is 16.1 Å². The number of ether oxygens (including phenoxy) is 2. The molecule has 1 fully saturated rings. The van der Waals surface area contributed by atoms with Gasteiger partial charge in [-0.25, -0.2) is 4.68 Å². The van der Waals surface area contributed by atoms with Gasteiger partial charge in [0.25, 0.3) is 0 Å². The number of amides is 2. The molecule has 1 saturated heterocycles. The molecule has 0 radical (unpaired) electrons. The second-order valence-electron chi connectivity index (χ2n) is 7.83. The number of fused-ring (bicyclic) bond motifs is 1. The normalized spacial score (nSPS) is 17.3. The van der Waals surface area contributed by atoms with Gasteiger partial charge in [0.1, 0.15) is 19.0 Å². The maximum Gasteiger partial charge on any atom is 0.230 e. The van der Waals surface area contributed by atoms with Crippen LogP contribution in [0.5, 0.6) is 11.5 Å². The molecule has 2 aromatic carbocycles. The lowest BCUT2D eigenvalue weighted by Crippen LogP contribution is -2.29. The SMILES string of the molecule is O=C(Nc1ccnn1Cc1ccc(Cl)cc1Cl)[C@@H]1CC(=O)N(c2ccc3c(c2)OCCO3)C1. The van der Waals surface area contributed by atoms with Gasteiger partial charge >= 0.3 is 0 Å². The first-order valence-corrected chi connectivity index (χ1v) is 11.2. The van der Waals surface area contributed by atoms with Crippen LogP contribution in [0.2, 0.25) is 10.0 Å². The van der Waals surface area contributed by atoms with Crippen LogP contribution >= 0.6 is 23.2 Å². The van der Waals surface area contributed by atoms with Gasteiger partial charge in [0.15, 0.2) is 11.5 Å². The van der Waals surface area contributed by atoms with E-state index in [0.29, 0.717) is 52.8 Å². The number of carbonyl (C=O) groups excluding carboxylic acids is 2. The molecule has 0 saturated carbocycles. The number of anilines is 2. The second kappa shape index (κ2) is 8.96. The molecule has 0 aliphatic carbocycles. The van der Waals surface area contributed by atoms with Crippen molar-refractivity contribution in [2.45, 2.75) is 13.0 Å². The van der Waals surface area contributed by atoms with Gasteiger partial charge in [-0.3, -0.25) is 9.59 Å². The van der Waals surface area contributed by atoms with Gasteiger partial charge in [0, 0.05) is 40.8 Å². The van der Waals surface area contributed by atoms with Crippen LogP contribution in [0.1, 0.15) is 12.0 Å². The van der Waals surface area contributed by atoms with Crippen molar-refractivity contribution in [3.05, 3.63) is 64.3 Å². The summed E-state index contributed by atoms with van der Waals surface area (Å²) in [6, 6.07) is 12.3. The lowest BCUT2D eigenvalue weighted by molar-refractivity contribution is -0.122. The van der Waals surface area contributed by atoms with Crippen LogP contribution in [0.3, 0.4) is 0 Å². The van der Waals surface area contributed by atoms with E-state index in [1.54, 1.807) is 52.2 Å². The van der Waals surface area contributed by atoms with E-state index in [1.165, 1.54) is 0 Å². The molecule has 8 nitrogen and oxygen atoms in total. The molecule has 10 heteroatoms. The standard InChI is InChI=1S/C23H20Cl2N4O4/c24-16-2-1-14(18(25)10-16)13-29-21(5-6-26-29)27-23(31)15-9-22(30)28(12-15)17-3-4-19-20(11-17)33-8-7-32-19/h1-6,10-11,15H,7-9,12-13H2,(H,27,31)/t15-/m1/s1. The van der Waals surface area contributed by atoms with Crippen molar-refractivity contribution in [1.82, 2.24) is 9.78 Å². The molecule has 2 aliphatic rings. The molecular weight excluding hydrogens is 467 g/mol. The zero-order valence-electron chi connectivity index (χ0n) is 17.5. The number of aromatic nitrogens is 2. The molecule has 3 heterocycles. The Morgan fingerprint density at radius 2 is 1.91 bits per heavy atom. The average molecular weight is 487 g/mol. The summed E-state index contributed by atoms with van der Waals surface area (Å²) in [6.07, 6.45) is 1.72. The molecule has 2 aliphatic heterocycles. The van der Waals surface area contributed by atoms with E-state index in [0.717, 1.165) is 5.56 Å². The van der Waals surface area contributed by atoms with Gasteiger partial charge in [-0.05, 0) is 29.8 Å². The highest BCUT2D eigenvalue weighted by atomic mass is 35.5. The Morgan fingerprint density at radius 1 is 1.09 bits per heavy atom. The third kappa shape index (κ3) is 4.49. The van der Waals surface area contributed by atoms with Crippen LogP contribution in [0.25, 0.3) is 0 Å². The van der Waals surface area contributed by atoms with Crippen molar-refractivity contribution in [3.63, 3.8) is 0 Å². The highest BCUT2D eigenvalue weighted by Gasteiger charge is 2.36. The monoisotopic (exact) mass is 486 g/mol. The second-order valence-corrected chi connectivity index (χ2v) is 8.68. The van der Waals surface area contributed by atoms with Crippen molar-refractivity contribution < 1.29 is 19.1 Å². The van der Waals surface area contributed by atoms with Crippen LogP contribution in [0, 0.1) is 5.92 Å². The molecule has 1 N–H and O–H groups in total. The number of hydrogen-bond donors (Lipinski definition) is 1. The summed E-state index contributed by atoms with van der Waals surface area (Å²) in [7, 11) is 0. The maximum atomic E-state index is 13.0. The summed E-state index contributed by atoms with van der Waals surface area (Å²) in [4.78, 5) is 27.2. The fourth-order valence-electron chi connectivity index (χ4n) is 3.94. The molecule has 0 unspecified atom stereocenters. The van der Waals surface area contributed by atoms with E-state index in [1.807, 2.05) is 6.07 Å². The molecular formula is C23H20Cl2N4O4. The van der Waals surface area contributed by atoms with Gasteiger partial charge in [-0.15, -0.1) is 0 Å². The van der Waals surface area contributed by atoms with E-state index in [9.17, 15) is 9.59 Å². The first-order valence-electron chi connectivity index (χ1n) is 10.4. The van der Waals surface area contributed by atoms with Gasteiger partial charge < -0.3 is 19.7 Å². The Labute approximate surface area is 200 Å². The molecule has 0 spiro atoms. The summed E-state index contributed by atoms with van der Waals surface area (Å²) >= 11 is 12.2. The van der Waals surface area contributed by atoms with Gasteiger partial charge in [-0.1, -0.05) is 29.3 Å². The summed E-state index contributed by atoms with van der Waals surface area (Å²) < 4.78 is 12.8. The lowest BCUT2D eigenvalue weighted by atomic mass is 10.1. The minimum atomic E-state index is -0.492. The summed E-state index contributed by atoms with van der Waals surface area (Å²) in [6.45, 7) is 1.61. The van der Waals surface area contributed by atoms with E-state index in [-0.39, 0.29) is 24.8 Å². The molecule has 3 aromatic rings. The van der Waals surface area contributed by atoms with E-state index in [2.05, 4.69) is 10.4 Å². The predicted octanol–water partition coefficient (Wildman–Crippen LogP) is 4.00. The molecule has 170 valence electrons. The number of benzene rings is 2. The van der Waals surface area contributed by atoms with Gasteiger partial charge in [0.2, 0.25) is 11.8 Å². The highest BCUT2D eigenvalue weighted by Crippen LogP contribution is 2.36. The summed E-state index contributed by atoms with van der Waals surface area (Å²) in [5.41, 5.74) is 1.50. The molecule has 2 amide bonds. The third-order valence-corrected chi connectivity index (χ3v) is 6.22. The smallest absolute Gasteiger partial charge is 0.230 e. The lowest BCUT2D eigenvalue weighted by Gasteiger charge is -2.22. The summed E-state index contributed by atoms with van der Waals surface area (Å²) in [5.74, 6) is 0.925. The highest BCUT2D eigenvalue weighted by molar-refractivity contribution is 6.35. The Balaban J connectivity index is 1.27. The number of nitrogens with zero attached hydrogens (tertiary/aromatic N) is 3. The van der Waals surface area contributed by atoms with Crippen LogP contribution < -0.4 is 19.7 Å². The minimum absolute atomic E-state index is 0.117. The number of rotatable bonds is 5. The third-order valence-electron chi connectivity index (χ3n) is 5.64.